The molecule has 1 aliphatic heterocycles. The quantitative estimate of drug-likeness (QED) is 0.658. The first kappa shape index (κ1) is 11.7. The molecule has 2 rings (SSSR count). The van der Waals surface area contributed by atoms with Crippen molar-refractivity contribution in [2.75, 3.05) is 18.0 Å². The van der Waals surface area contributed by atoms with Gasteiger partial charge in [-0.3, -0.25) is 14.9 Å². The zero-order chi connectivity index (χ0) is 12.6. The monoisotopic (exact) mass is 256 g/mol. The Morgan fingerprint density at radius 3 is 2.71 bits per heavy atom. The number of halogens is 1. The third-order valence-corrected chi connectivity index (χ3v) is 3.02. The molecule has 1 aromatic rings. The number of anilines is 1. The van der Waals surface area contributed by atoms with Gasteiger partial charge in [-0.15, -0.1) is 0 Å². The van der Waals surface area contributed by atoms with E-state index in [-0.39, 0.29) is 23.8 Å². The Labute approximate surface area is 102 Å². The molecule has 0 aromatic heterocycles. The minimum Gasteiger partial charge on any atom is -0.481 e. The van der Waals surface area contributed by atoms with Gasteiger partial charge in [0, 0.05) is 13.1 Å². The highest BCUT2D eigenvalue weighted by atomic mass is 35.5. The number of carbonyl (C=O) groups is 1. The summed E-state index contributed by atoms with van der Waals surface area (Å²) in [5.41, 5.74) is 0.206. The van der Waals surface area contributed by atoms with Crippen LogP contribution < -0.4 is 4.90 Å². The van der Waals surface area contributed by atoms with Crippen molar-refractivity contribution < 1.29 is 14.8 Å². The van der Waals surface area contributed by atoms with Crippen LogP contribution in [0.3, 0.4) is 0 Å². The van der Waals surface area contributed by atoms with Gasteiger partial charge in [0.05, 0.1) is 10.8 Å². The molecular weight excluding hydrogens is 248 g/mol. The summed E-state index contributed by atoms with van der Waals surface area (Å²) < 4.78 is 0. The number of para-hydroxylation sites is 1. The second-order valence-electron chi connectivity index (χ2n) is 3.80. The zero-order valence-electron chi connectivity index (χ0n) is 8.67. The number of carboxylic acids is 1. The Bertz CT molecular complexity index is 485. The van der Waals surface area contributed by atoms with Crippen LogP contribution in [0.5, 0.6) is 0 Å². The van der Waals surface area contributed by atoms with E-state index in [0.717, 1.165) is 0 Å². The predicted octanol–water partition coefficient (Wildman–Crippen LogP) is 1.77. The summed E-state index contributed by atoms with van der Waals surface area (Å²) in [5.74, 6) is -1.35. The van der Waals surface area contributed by atoms with Crippen LogP contribution in [0.2, 0.25) is 5.02 Å². The van der Waals surface area contributed by atoms with E-state index in [4.69, 9.17) is 16.7 Å². The Balaban J connectivity index is 2.26. The molecule has 1 saturated heterocycles. The lowest BCUT2D eigenvalue weighted by molar-refractivity contribution is -0.384. The fourth-order valence-corrected chi connectivity index (χ4v) is 2.01. The maximum Gasteiger partial charge on any atom is 0.310 e. The van der Waals surface area contributed by atoms with Crippen molar-refractivity contribution in [2.45, 2.75) is 0 Å². The van der Waals surface area contributed by atoms with Gasteiger partial charge < -0.3 is 10.0 Å². The second kappa shape index (κ2) is 4.21. The van der Waals surface area contributed by atoms with E-state index in [1.165, 1.54) is 6.07 Å². The average molecular weight is 257 g/mol. The van der Waals surface area contributed by atoms with E-state index in [1.54, 1.807) is 17.0 Å². The summed E-state index contributed by atoms with van der Waals surface area (Å²) in [7, 11) is 0. The van der Waals surface area contributed by atoms with Crippen LogP contribution in [0.1, 0.15) is 0 Å². The van der Waals surface area contributed by atoms with E-state index in [2.05, 4.69) is 0 Å². The number of carboxylic acid groups (broad SMARTS) is 1. The molecule has 1 aromatic carbocycles. The van der Waals surface area contributed by atoms with Gasteiger partial charge in [0.2, 0.25) is 0 Å². The summed E-state index contributed by atoms with van der Waals surface area (Å²) in [4.78, 5) is 22.6. The maximum atomic E-state index is 10.9. The zero-order valence-corrected chi connectivity index (χ0v) is 9.42. The van der Waals surface area contributed by atoms with Gasteiger partial charge in [-0.25, -0.2) is 0 Å². The van der Waals surface area contributed by atoms with Crippen molar-refractivity contribution in [1.82, 2.24) is 0 Å². The minimum absolute atomic E-state index is 0.0614. The SMILES string of the molecule is O=C(O)C1CN(c2cccc(Cl)c2[N+](=O)[O-])C1. The number of nitro groups is 1. The van der Waals surface area contributed by atoms with Crippen molar-refractivity contribution in [3.63, 3.8) is 0 Å². The summed E-state index contributed by atoms with van der Waals surface area (Å²) in [6.07, 6.45) is 0. The van der Waals surface area contributed by atoms with Crippen molar-refractivity contribution in [3.8, 4) is 0 Å². The molecule has 0 unspecified atom stereocenters. The predicted molar refractivity (Wildman–Crippen MR) is 61.4 cm³/mol. The van der Waals surface area contributed by atoms with Gasteiger partial charge in [-0.2, -0.15) is 0 Å². The van der Waals surface area contributed by atoms with Crippen LogP contribution in [-0.4, -0.2) is 29.1 Å². The molecule has 17 heavy (non-hydrogen) atoms. The lowest BCUT2D eigenvalue weighted by atomic mass is 9.99. The van der Waals surface area contributed by atoms with Crippen molar-refractivity contribution in [3.05, 3.63) is 33.3 Å². The normalized spacial score (nSPS) is 15.5. The molecule has 0 saturated carbocycles. The van der Waals surface area contributed by atoms with Crippen molar-refractivity contribution in [1.29, 1.82) is 0 Å². The maximum absolute atomic E-state index is 10.9. The molecule has 6 nitrogen and oxygen atoms in total. The number of nitro benzene ring substituents is 1. The highest BCUT2D eigenvalue weighted by Crippen LogP contribution is 2.37. The molecular formula is C10H9ClN2O4. The first-order valence-corrected chi connectivity index (χ1v) is 5.29. The van der Waals surface area contributed by atoms with Crippen LogP contribution in [0.4, 0.5) is 11.4 Å². The number of benzene rings is 1. The largest absolute Gasteiger partial charge is 0.481 e. The first-order chi connectivity index (χ1) is 8.00. The van der Waals surface area contributed by atoms with Crippen LogP contribution in [0.15, 0.2) is 18.2 Å². The fourth-order valence-electron chi connectivity index (χ4n) is 1.77. The molecule has 1 heterocycles. The van der Waals surface area contributed by atoms with Gasteiger partial charge in [-0.1, -0.05) is 17.7 Å². The van der Waals surface area contributed by atoms with Crippen molar-refractivity contribution in [2.24, 2.45) is 5.92 Å². The van der Waals surface area contributed by atoms with E-state index < -0.39 is 16.8 Å². The smallest absolute Gasteiger partial charge is 0.310 e. The Morgan fingerprint density at radius 1 is 1.53 bits per heavy atom. The average Bonchev–Trinajstić information content (AvgIpc) is 2.13. The molecule has 0 radical (unpaired) electrons. The molecule has 1 fully saturated rings. The standard InChI is InChI=1S/C10H9ClN2O4/c11-7-2-1-3-8(9(7)13(16)17)12-4-6(5-12)10(14)15/h1-3,6H,4-5H2,(H,14,15). The molecule has 1 N–H and O–H groups in total. The minimum atomic E-state index is -0.883. The number of nitrogens with zero attached hydrogens (tertiary/aromatic N) is 2. The molecule has 0 aliphatic carbocycles. The van der Waals surface area contributed by atoms with Gasteiger partial charge >= 0.3 is 11.7 Å². The Kier molecular flexibility index (Phi) is 2.89. The highest BCUT2D eigenvalue weighted by Gasteiger charge is 2.36. The molecule has 0 bridgehead atoms. The van der Waals surface area contributed by atoms with Crippen LogP contribution in [0.25, 0.3) is 0 Å². The molecule has 7 heteroatoms. The summed E-state index contributed by atoms with van der Waals surface area (Å²) >= 11 is 5.76. The molecule has 90 valence electrons. The number of aliphatic carboxylic acids is 1. The van der Waals surface area contributed by atoms with Crippen LogP contribution >= 0.6 is 11.6 Å². The lowest BCUT2D eigenvalue weighted by Crippen LogP contribution is -2.50. The fraction of sp³-hybridized carbons (Fsp3) is 0.300. The second-order valence-corrected chi connectivity index (χ2v) is 4.21. The summed E-state index contributed by atoms with van der Waals surface area (Å²) in [5, 5.41) is 19.7. The Morgan fingerprint density at radius 2 is 2.18 bits per heavy atom. The summed E-state index contributed by atoms with van der Waals surface area (Å²) in [6.45, 7) is 0.549. The lowest BCUT2D eigenvalue weighted by Gasteiger charge is -2.38. The van der Waals surface area contributed by atoms with E-state index in [1.807, 2.05) is 0 Å². The highest BCUT2D eigenvalue weighted by molar-refractivity contribution is 6.33. The van der Waals surface area contributed by atoms with Gasteiger partial charge in [-0.05, 0) is 12.1 Å². The Hall–Kier alpha value is -1.82. The molecule has 0 spiro atoms. The van der Waals surface area contributed by atoms with E-state index in [0.29, 0.717) is 5.69 Å². The van der Waals surface area contributed by atoms with Crippen LogP contribution in [0, 0.1) is 16.0 Å². The number of rotatable bonds is 3. The number of hydrogen-bond acceptors (Lipinski definition) is 4. The first-order valence-electron chi connectivity index (χ1n) is 4.91. The van der Waals surface area contributed by atoms with Crippen molar-refractivity contribution >= 4 is 28.9 Å². The van der Waals surface area contributed by atoms with Gasteiger partial charge in [0.25, 0.3) is 0 Å². The number of hydrogen-bond donors (Lipinski definition) is 1. The topological polar surface area (TPSA) is 83.7 Å². The third-order valence-electron chi connectivity index (χ3n) is 2.72. The van der Waals surface area contributed by atoms with Crippen LogP contribution in [-0.2, 0) is 4.79 Å². The molecule has 1 aliphatic rings. The third kappa shape index (κ3) is 2.03. The van der Waals surface area contributed by atoms with E-state index in [9.17, 15) is 14.9 Å². The molecule has 0 atom stereocenters. The van der Waals surface area contributed by atoms with E-state index >= 15 is 0 Å². The summed E-state index contributed by atoms with van der Waals surface area (Å²) in [6, 6.07) is 4.62. The van der Waals surface area contributed by atoms with Gasteiger partial charge in [0.1, 0.15) is 10.7 Å². The van der Waals surface area contributed by atoms with Gasteiger partial charge in [0.15, 0.2) is 0 Å². The molecule has 0 amide bonds.